The van der Waals surface area contributed by atoms with Gasteiger partial charge < -0.3 is 76.9 Å². The molecule has 7 amide bonds. The van der Waals surface area contributed by atoms with Gasteiger partial charge in [0.15, 0.2) is 17.5 Å². The lowest BCUT2D eigenvalue weighted by Crippen LogP contribution is -2.60. The van der Waals surface area contributed by atoms with Crippen molar-refractivity contribution in [1.82, 2.24) is 129 Å². The number of thiophene rings is 2. The maximum atomic E-state index is 13.8. The number of aromatic amines is 2. The van der Waals surface area contributed by atoms with E-state index < -0.39 is 28.8 Å². The van der Waals surface area contributed by atoms with E-state index in [1.165, 1.54) is 96.8 Å². The lowest BCUT2D eigenvalue weighted by atomic mass is 10.0. The van der Waals surface area contributed by atoms with Crippen molar-refractivity contribution < 1.29 is 38.2 Å². The number of carbonyl (C=O) groups is 6. The Hall–Kier alpha value is -5.86. The Labute approximate surface area is 935 Å². The molecule has 810 valence electrons. The third-order valence-corrected chi connectivity index (χ3v) is 32.9. The van der Waals surface area contributed by atoms with Crippen molar-refractivity contribution in [3.63, 3.8) is 0 Å². The van der Waals surface area contributed by atoms with Crippen LogP contribution in [0.2, 0.25) is 5.15 Å². The molecule has 14 aliphatic heterocycles. The molecule has 10 saturated heterocycles. The van der Waals surface area contributed by atoms with Gasteiger partial charge in [-0.05, 0) is 248 Å². The molecule has 10 fully saturated rings. The number of aromatic nitrogens is 12. The third kappa shape index (κ3) is 25.7. The molecule has 0 radical (unpaired) electrons. The molecule has 0 aromatic carbocycles. The minimum atomic E-state index is -0.648. The molecule has 22 rings (SSSR count). The second-order valence-corrected chi connectivity index (χ2v) is 43.0. The van der Waals surface area contributed by atoms with E-state index in [-0.39, 0.29) is 201 Å². The number of rotatable bonds is 4. The standard InChI is InChI=1S/C23H30N8OS.C19H30N6O3.C16H26N6O.C10H16N4O2.C9H15ClN2O.C8H16N2.C7H5ClN2S.10H2S/c1-13-11-33-18-17(13)24-12-25-21(18)26-20-16-10-31(23(3,4)19(16)27-28-20)22(32)30-9-15-6-5-7-29(15)8-14(30)2;1-5-28-18(27)25-16(20)14-11-24(19(3,4)15(14)21-25)17(26)23-10-13-7-6-8-22(13)9-12(23)2;1-10-7-20-6-4-5-11(20)8-21(10)15(23)22-9-12-13(16(22,2)3)18-19-14(12)17;1-4-16-9(15)14-8(11)6-5-12-10(2,3)7(6)13-14;1-7-5-11-4-2-3-8(11)6-12(7)9(10)13;1-7-6-10-4-2-3-8(10)5-9-7;1-4-2-11-6-5(4)9-3-10-7(6)8;;;;;;;;;;/h11-12,14-15H,5-10H2,1-4H3,(H2,24,25,26,27,28);12-13H,5-11,20H2,1-4H3;10-11H,4-9H2,1-3H3,(H3,17,18,19);12H,4-5,11H2,1-3H3;7-8H,2-6H2,1H3;7-9H,2-6H2,1H3;2-3H,1H3;10*1H2/t14-,15-;12-,13-;10-,11-;;2*7-,8-;;;;;;;;;;;/m000.00.........../s1. The smallest absolute Gasteiger partial charge is 0.436 e. The summed E-state index contributed by atoms with van der Waals surface area (Å²) in [6.07, 6.45) is 14.5. The number of nitrogens with zero attached hydrogens (tertiary/aromatic N) is 22. The van der Waals surface area contributed by atoms with Gasteiger partial charge in [-0.1, -0.05) is 11.6 Å². The van der Waals surface area contributed by atoms with E-state index in [4.69, 9.17) is 49.9 Å². The predicted octanol–water partition coefficient (Wildman–Crippen LogP) is 13.5. The Morgan fingerprint density at radius 2 is 0.847 bits per heavy atom. The number of ether oxygens (including phenoxy) is 2. The van der Waals surface area contributed by atoms with Gasteiger partial charge in [0.1, 0.15) is 29.4 Å². The van der Waals surface area contributed by atoms with Crippen molar-refractivity contribution in [3.8, 4) is 0 Å². The molecule has 8 aromatic rings. The van der Waals surface area contributed by atoms with E-state index in [0.717, 1.165) is 170 Å². The summed E-state index contributed by atoms with van der Waals surface area (Å²) in [5.74, 6) is 2.61. The molecule has 0 aliphatic carbocycles. The molecule has 10 atom stereocenters. The highest BCUT2D eigenvalue weighted by Gasteiger charge is 2.53. The molecule has 52 heteroatoms. The SMILES string of the molecule is CCOC(=O)n1nc2c(c1N)CN(C(=O)N1C[C@@H]3CCCN3C[C@@H]1C)C2(C)C.CCOC(=O)n1nc2c(c1N)CNC2(C)C.C[C@H]1CN2CCC[C@H]2CN1.C[C@H]1CN2CCC[C@H]2CN1C(=O)Cl.C[C@H]1CN2CCC[C@H]2CN1C(=O)N1Cc2c(N)n[nH]c2C1(C)C.Cc1csc2c(Cl)ncnc12.Cc1csc2c(Nc3n[nH]c4c3CN(C(=O)N3C[C@@H]5CCCN5C[C@@H]3C)C4(C)C)ncnc12.S.S.S.S.S.S.S.S.S.S. The number of halogens is 2. The minimum absolute atomic E-state index is 0. The van der Waals surface area contributed by atoms with Crippen LogP contribution in [-0.2, 0) is 57.8 Å². The lowest BCUT2D eigenvalue weighted by molar-refractivity contribution is 0.0450. The Bertz CT molecular complexity index is 5650. The van der Waals surface area contributed by atoms with Gasteiger partial charge in [-0.3, -0.25) is 39.5 Å². The first-order chi connectivity index (χ1) is 63.8. The van der Waals surface area contributed by atoms with Crippen LogP contribution < -0.4 is 33.2 Å². The fourth-order valence-corrected chi connectivity index (χ4v) is 24.7. The van der Waals surface area contributed by atoms with Crippen LogP contribution in [0.4, 0.5) is 57.9 Å². The molecule has 38 nitrogen and oxygen atoms in total. The molecule has 22 heterocycles. The van der Waals surface area contributed by atoms with Crippen LogP contribution in [0.3, 0.4) is 0 Å². The summed E-state index contributed by atoms with van der Waals surface area (Å²) < 4.78 is 14.1. The molecular formula is C92H158Cl2N30O8S12. The number of hydrogen-bond donors (Lipinski definition) is 8. The number of H-pyrrole nitrogens is 2. The maximum absolute atomic E-state index is 13.8. The zero-order chi connectivity index (χ0) is 95.6. The molecule has 8 aromatic heterocycles. The second-order valence-electron chi connectivity index (χ2n) is 40.5. The highest BCUT2D eigenvalue weighted by molar-refractivity contribution is 7.60. The summed E-state index contributed by atoms with van der Waals surface area (Å²) in [5, 5.41) is 38.1. The van der Waals surface area contributed by atoms with Crippen molar-refractivity contribution in [3.05, 3.63) is 84.7 Å². The molecule has 0 saturated carbocycles. The van der Waals surface area contributed by atoms with Gasteiger partial charge in [0.05, 0.1) is 98.2 Å². The van der Waals surface area contributed by atoms with E-state index >= 15 is 0 Å². The van der Waals surface area contributed by atoms with E-state index in [9.17, 15) is 28.8 Å². The number of nitrogen functional groups attached to an aromatic ring is 3. The Morgan fingerprint density at radius 1 is 0.465 bits per heavy atom. The first-order valence-corrected chi connectivity index (χ1v) is 50.5. The van der Waals surface area contributed by atoms with Crippen molar-refractivity contribution in [2.24, 2.45) is 0 Å². The Morgan fingerprint density at radius 3 is 1.28 bits per heavy atom. The van der Waals surface area contributed by atoms with Gasteiger partial charge in [-0.25, -0.2) is 43.9 Å². The van der Waals surface area contributed by atoms with Crippen LogP contribution in [-0.4, -0.2) is 326 Å². The number of urea groups is 3. The van der Waals surface area contributed by atoms with Crippen LogP contribution in [0.5, 0.6) is 0 Å². The number of nitrogens with two attached hydrogens (primary N) is 3. The molecule has 0 bridgehead atoms. The van der Waals surface area contributed by atoms with E-state index in [1.807, 2.05) is 59.6 Å². The zero-order valence-electron chi connectivity index (χ0n) is 85.9. The summed E-state index contributed by atoms with van der Waals surface area (Å²) in [7, 11) is 0. The van der Waals surface area contributed by atoms with E-state index in [1.54, 1.807) is 47.7 Å². The summed E-state index contributed by atoms with van der Waals surface area (Å²) in [6, 6.07) is 4.83. The molecule has 0 unspecified atom stereocenters. The van der Waals surface area contributed by atoms with Gasteiger partial charge in [0, 0.05) is 155 Å². The first kappa shape index (κ1) is 127. The van der Waals surface area contributed by atoms with Gasteiger partial charge >= 0.3 is 35.6 Å². The first-order valence-electron chi connectivity index (χ1n) is 48.0. The topological polar surface area (TPSA) is 418 Å². The molecule has 0 spiro atoms. The number of anilines is 5. The lowest BCUT2D eigenvalue weighted by Gasteiger charge is -2.45. The average Bonchev–Trinajstić information content (AvgIpc) is 1.57. The van der Waals surface area contributed by atoms with Gasteiger partial charge in [-0.2, -0.15) is 155 Å². The van der Waals surface area contributed by atoms with Crippen LogP contribution in [0, 0.1) is 13.8 Å². The molecule has 144 heavy (non-hydrogen) atoms. The number of nitrogens with one attached hydrogen (secondary N) is 5. The van der Waals surface area contributed by atoms with Crippen molar-refractivity contribution in [1.29, 1.82) is 0 Å². The number of piperazine rings is 5. The van der Waals surface area contributed by atoms with E-state index in [0.29, 0.717) is 85.5 Å². The highest BCUT2D eigenvalue weighted by Crippen LogP contribution is 2.47. The van der Waals surface area contributed by atoms with Gasteiger partial charge in [0.25, 0.3) is 0 Å². The minimum Gasteiger partial charge on any atom is -0.448 e. The average molecular weight is 2270 g/mol. The quantitative estimate of drug-likeness (QED) is 0.0461. The van der Waals surface area contributed by atoms with Crippen LogP contribution >= 0.6 is 181 Å². The monoisotopic (exact) mass is 2260 g/mol. The van der Waals surface area contributed by atoms with Crippen LogP contribution in [0.25, 0.3) is 20.4 Å². The highest BCUT2D eigenvalue weighted by atomic mass is 35.5. The van der Waals surface area contributed by atoms with Gasteiger partial charge in [0.2, 0.25) is 0 Å². The van der Waals surface area contributed by atoms with Crippen molar-refractivity contribution in [2.75, 3.05) is 134 Å². The zero-order valence-corrected chi connectivity index (χ0v) is 99.1. The molecule has 11 N–H and O–H groups in total. The normalized spacial score (nSPS) is 24.2. The fraction of sp³-hybridized carbons (Fsp3) is 0.674. The largest absolute Gasteiger partial charge is 0.448 e. The predicted molar refractivity (Wildman–Crippen MR) is 624 cm³/mol. The maximum Gasteiger partial charge on any atom is 0.436 e. The number of aryl methyl sites for hydroxylation is 2. The molecule has 14 aliphatic rings. The van der Waals surface area contributed by atoms with Crippen LogP contribution in [0.1, 0.15) is 224 Å². The summed E-state index contributed by atoms with van der Waals surface area (Å²) in [6.45, 7) is 52.8. The second kappa shape index (κ2) is 52.4. The number of fused-ring (bicyclic) bond motifs is 11. The summed E-state index contributed by atoms with van der Waals surface area (Å²) >= 11 is 14.6. The third-order valence-electron chi connectivity index (χ3n) is 30.1. The Balaban J connectivity index is 0.000000263. The summed E-state index contributed by atoms with van der Waals surface area (Å²) in [4.78, 5) is 119. The molecular weight excluding hydrogens is 2110 g/mol. The van der Waals surface area contributed by atoms with Crippen LogP contribution in [0.15, 0.2) is 23.4 Å². The number of hydrogen-bond acceptors (Lipinski definition) is 29. The van der Waals surface area contributed by atoms with Gasteiger partial charge in [-0.15, -0.1) is 32.0 Å². The number of amides is 7. The summed E-state index contributed by atoms with van der Waals surface area (Å²) in [5.41, 5.74) is 27.5. The number of carbonyl (C=O) groups excluding carboxylic acids is 6. The van der Waals surface area contributed by atoms with E-state index in [2.05, 4.69) is 175 Å². The van der Waals surface area contributed by atoms with Crippen molar-refractivity contribution >= 4 is 266 Å². The Kier molecular flexibility index (Phi) is 46.2. The fourth-order valence-electron chi connectivity index (χ4n) is 22.3. The van der Waals surface area contributed by atoms with Crippen molar-refractivity contribution in [2.45, 2.75) is 291 Å².